The molecule has 0 bridgehead atoms. The molecule has 1 amide bonds. The molecule has 0 saturated heterocycles. The Morgan fingerprint density at radius 3 is 2.56 bits per heavy atom. The van der Waals surface area contributed by atoms with Gasteiger partial charge >= 0.3 is 11.9 Å². The fourth-order valence-electron chi connectivity index (χ4n) is 1.93. The lowest BCUT2D eigenvalue weighted by Crippen LogP contribution is -2.13. The van der Waals surface area contributed by atoms with Gasteiger partial charge in [0.1, 0.15) is 11.5 Å². The standard InChI is InChI=1S/C17H18N2O5S/c1-11-15(16(22)24-10-12-6-4-3-5-7-12)25-17(18-11)19-13(20)8-9-14(21)23-2/h3-7H,8-10H2,1-2H3,(H,18,19,20). The van der Waals surface area contributed by atoms with Gasteiger partial charge in [0, 0.05) is 6.42 Å². The molecule has 0 unspecified atom stereocenters. The molecule has 25 heavy (non-hydrogen) atoms. The Balaban J connectivity index is 1.91. The molecule has 0 atom stereocenters. The smallest absolute Gasteiger partial charge is 0.350 e. The van der Waals surface area contributed by atoms with Crippen LogP contribution in [0.15, 0.2) is 30.3 Å². The Hall–Kier alpha value is -2.74. The maximum Gasteiger partial charge on any atom is 0.350 e. The van der Waals surface area contributed by atoms with Crippen molar-refractivity contribution >= 4 is 34.3 Å². The van der Waals surface area contributed by atoms with Crippen molar-refractivity contribution in [1.29, 1.82) is 0 Å². The predicted molar refractivity (Wildman–Crippen MR) is 92.3 cm³/mol. The van der Waals surface area contributed by atoms with Crippen LogP contribution in [-0.4, -0.2) is 29.9 Å². The Morgan fingerprint density at radius 2 is 1.88 bits per heavy atom. The zero-order valence-electron chi connectivity index (χ0n) is 13.9. The largest absolute Gasteiger partial charge is 0.469 e. The quantitative estimate of drug-likeness (QED) is 0.761. The highest BCUT2D eigenvalue weighted by molar-refractivity contribution is 7.17. The average molecular weight is 362 g/mol. The summed E-state index contributed by atoms with van der Waals surface area (Å²) in [6.45, 7) is 1.83. The first-order chi connectivity index (χ1) is 12.0. The van der Waals surface area contributed by atoms with Crippen molar-refractivity contribution in [3.05, 3.63) is 46.5 Å². The third-order valence-electron chi connectivity index (χ3n) is 3.22. The molecule has 7 nitrogen and oxygen atoms in total. The summed E-state index contributed by atoms with van der Waals surface area (Å²) in [7, 11) is 1.26. The van der Waals surface area contributed by atoms with Crippen molar-refractivity contribution in [2.45, 2.75) is 26.4 Å². The number of ether oxygens (including phenoxy) is 2. The summed E-state index contributed by atoms with van der Waals surface area (Å²) in [5.41, 5.74) is 1.36. The first kappa shape index (κ1) is 18.6. The fourth-order valence-corrected chi connectivity index (χ4v) is 2.80. The average Bonchev–Trinajstić information content (AvgIpc) is 2.98. The first-order valence-electron chi connectivity index (χ1n) is 7.54. The summed E-state index contributed by atoms with van der Waals surface area (Å²) in [4.78, 5) is 39.4. The van der Waals surface area contributed by atoms with Gasteiger partial charge in [-0.1, -0.05) is 41.7 Å². The van der Waals surface area contributed by atoms with Crippen LogP contribution in [0, 0.1) is 6.92 Å². The summed E-state index contributed by atoms with van der Waals surface area (Å²) in [5, 5.41) is 2.85. The number of benzene rings is 1. The number of aryl methyl sites for hydroxylation is 1. The maximum absolute atomic E-state index is 12.2. The molecule has 0 aliphatic rings. The van der Waals surface area contributed by atoms with Gasteiger partial charge in [0.05, 0.1) is 19.2 Å². The van der Waals surface area contributed by atoms with Gasteiger partial charge in [0.15, 0.2) is 5.13 Å². The van der Waals surface area contributed by atoms with Crippen molar-refractivity contribution in [3.8, 4) is 0 Å². The fraction of sp³-hybridized carbons (Fsp3) is 0.294. The van der Waals surface area contributed by atoms with E-state index in [1.807, 2.05) is 30.3 Å². The van der Waals surface area contributed by atoms with E-state index in [0.29, 0.717) is 15.7 Å². The highest BCUT2D eigenvalue weighted by Crippen LogP contribution is 2.24. The number of nitrogens with zero attached hydrogens (tertiary/aromatic N) is 1. The summed E-state index contributed by atoms with van der Waals surface area (Å²) >= 11 is 1.04. The molecule has 132 valence electrons. The Kier molecular flexibility index (Phi) is 6.64. The van der Waals surface area contributed by atoms with Crippen LogP contribution in [0.4, 0.5) is 5.13 Å². The Bertz CT molecular complexity index is 758. The molecule has 8 heteroatoms. The molecule has 2 aromatic rings. The van der Waals surface area contributed by atoms with Crippen molar-refractivity contribution in [3.63, 3.8) is 0 Å². The van der Waals surface area contributed by atoms with E-state index in [1.54, 1.807) is 6.92 Å². The van der Waals surface area contributed by atoms with Crippen LogP contribution in [0.2, 0.25) is 0 Å². The van der Waals surface area contributed by atoms with E-state index in [1.165, 1.54) is 7.11 Å². The van der Waals surface area contributed by atoms with E-state index in [9.17, 15) is 14.4 Å². The highest BCUT2D eigenvalue weighted by atomic mass is 32.1. The number of nitrogens with one attached hydrogen (secondary N) is 1. The molecule has 0 saturated carbocycles. The highest BCUT2D eigenvalue weighted by Gasteiger charge is 2.18. The normalized spacial score (nSPS) is 10.2. The number of hydrogen-bond acceptors (Lipinski definition) is 7. The van der Waals surface area contributed by atoms with Crippen molar-refractivity contribution in [2.24, 2.45) is 0 Å². The van der Waals surface area contributed by atoms with Crippen LogP contribution in [-0.2, 0) is 25.7 Å². The van der Waals surface area contributed by atoms with E-state index < -0.39 is 11.9 Å². The number of amides is 1. The second kappa shape index (κ2) is 8.93. The second-order valence-electron chi connectivity index (χ2n) is 5.12. The van der Waals surface area contributed by atoms with E-state index in [2.05, 4.69) is 15.0 Å². The molecule has 0 aliphatic heterocycles. The molecule has 2 rings (SSSR count). The topological polar surface area (TPSA) is 94.6 Å². The van der Waals surface area contributed by atoms with Gasteiger partial charge in [-0.2, -0.15) is 0 Å². The van der Waals surface area contributed by atoms with Gasteiger partial charge in [-0.15, -0.1) is 0 Å². The number of aromatic nitrogens is 1. The minimum absolute atomic E-state index is 0.0148. The zero-order valence-corrected chi connectivity index (χ0v) is 14.7. The van der Waals surface area contributed by atoms with Crippen molar-refractivity contribution in [1.82, 2.24) is 4.98 Å². The number of carbonyl (C=O) groups excluding carboxylic acids is 3. The lowest BCUT2D eigenvalue weighted by Gasteiger charge is -2.03. The van der Waals surface area contributed by atoms with Crippen LogP contribution in [0.25, 0.3) is 0 Å². The van der Waals surface area contributed by atoms with E-state index in [4.69, 9.17) is 4.74 Å². The molecule has 1 N–H and O–H groups in total. The van der Waals surface area contributed by atoms with Crippen LogP contribution in [0.5, 0.6) is 0 Å². The molecule has 1 aromatic heterocycles. The lowest BCUT2D eigenvalue weighted by molar-refractivity contribution is -0.141. The number of rotatable bonds is 7. The second-order valence-corrected chi connectivity index (χ2v) is 6.12. The molecule has 0 aliphatic carbocycles. The summed E-state index contributed by atoms with van der Waals surface area (Å²) in [6.07, 6.45) is -0.0300. The molecule has 0 radical (unpaired) electrons. The number of thiazole rings is 1. The Labute approximate surface area is 149 Å². The van der Waals surface area contributed by atoms with Gasteiger partial charge in [-0.25, -0.2) is 9.78 Å². The van der Waals surface area contributed by atoms with E-state index >= 15 is 0 Å². The van der Waals surface area contributed by atoms with Gasteiger partial charge in [-0.3, -0.25) is 9.59 Å². The lowest BCUT2D eigenvalue weighted by atomic mass is 10.2. The number of esters is 2. The molecule has 1 aromatic carbocycles. The van der Waals surface area contributed by atoms with Crippen LogP contribution in [0.3, 0.4) is 0 Å². The summed E-state index contributed by atoms with van der Waals surface area (Å²) in [6, 6.07) is 9.33. The van der Waals surface area contributed by atoms with Gasteiger partial charge < -0.3 is 14.8 Å². The third-order valence-corrected chi connectivity index (χ3v) is 4.28. The van der Waals surface area contributed by atoms with E-state index in [0.717, 1.165) is 16.9 Å². The predicted octanol–water partition coefficient (Wildman–Crippen LogP) is 2.70. The minimum atomic E-state index is -0.492. The maximum atomic E-state index is 12.2. The molecule has 0 fully saturated rings. The number of hydrogen-bond donors (Lipinski definition) is 1. The first-order valence-corrected chi connectivity index (χ1v) is 8.36. The van der Waals surface area contributed by atoms with Crippen molar-refractivity contribution < 1.29 is 23.9 Å². The molecule has 0 spiro atoms. The monoisotopic (exact) mass is 362 g/mol. The van der Waals surface area contributed by atoms with Crippen LogP contribution < -0.4 is 5.32 Å². The van der Waals surface area contributed by atoms with Crippen molar-refractivity contribution in [2.75, 3.05) is 12.4 Å². The van der Waals surface area contributed by atoms with Crippen LogP contribution >= 0.6 is 11.3 Å². The number of methoxy groups -OCH3 is 1. The summed E-state index contributed by atoms with van der Waals surface area (Å²) in [5.74, 6) is -1.33. The molecule has 1 heterocycles. The molecular formula is C17H18N2O5S. The Morgan fingerprint density at radius 1 is 1.16 bits per heavy atom. The third kappa shape index (κ3) is 5.68. The SMILES string of the molecule is COC(=O)CCC(=O)Nc1nc(C)c(C(=O)OCc2ccccc2)s1. The number of anilines is 1. The number of carbonyl (C=O) groups is 3. The molecular weight excluding hydrogens is 344 g/mol. The van der Waals surface area contributed by atoms with Gasteiger partial charge in [0.2, 0.25) is 5.91 Å². The zero-order chi connectivity index (χ0) is 18.2. The summed E-state index contributed by atoms with van der Waals surface area (Å²) < 4.78 is 9.74. The van der Waals surface area contributed by atoms with Crippen LogP contribution in [0.1, 0.15) is 33.8 Å². The van der Waals surface area contributed by atoms with Gasteiger partial charge in [-0.05, 0) is 12.5 Å². The van der Waals surface area contributed by atoms with Gasteiger partial charge in [0.25, 0.3) is 0 Å². The minimum Gasteiger partial charge on any atom is -0.469 e. The van der Waals surface area contributed by atoms with E-state index in [-0.39, 0.29) is 25.4 Å².